The third-order valence-corrected chi connectivity index (χ3v) is 7.11. The van der Waals surface area contributed by atoms with Crippen molar-refractivity contribution in [2.24, 2.45) is 0 Å². The van der Waals surface area contributed by atoms with Crippen LogP contribution in [0, 0.1) is 24.0 Å². The average molecular weight is 751 g/mol. The average Bonchev–Trinajstić information content (AvgIpc) is 3.51. The van der Waals surface area contributed by atoms with Crippen molar-refractivity contribution in [1.29, 1.82) is 0 Å². The largest absolute Gasteiger partial charge is 2.00 e. The summed E-state index contributed by atoms with van der Waals surface area (Å²) in [5, 5.41) is 4.66. The first kappa shape index (κ1) is 30.1. The van der Waals surface area contributed by atoms with Crippen molar-refractivity contribution < 1.29 is 29.8 Å². The Hall–Kier alpha value is -4.35. The molecule has 0 atom stereocenters. The van der Waals surface area contributed by atoms with Gasteiger partial charge in [0, 0.05) is 23.7 Å². The molecule has 0 aliphatic carbocycles. The summed E-state index contributed by atoms with van der Waals surface area (Å²) in [5.74, 6) is -0.239. The van der Waals surface area contributed by atoms with Crippen LogP contribution >= 0.6 is 0 Å². The summed E-state index contributed by atoms with van der Waals surface area (Å²) in [6.45, 7) is 6.13. The van der Waals surface area contributed by atoms with E-state index in [0.717, 1.165) is 23.3 Å². The topological polar surface area (TPSA) is 56.5 Å². The van der Waals surface area contributed by atoms with Crippen molar-refractivity contribution in [3.63, 3.8) is 0 Å². The Morgan fingerprint density at radius 1 is 0.721 bits per heavy atom. The molecule has 0 unspecified atom stereocenters. The molecule has 0 aliphatic heterocycles. The third kappa shape index (κ3) is 5.70. The first-order chi connectivity index (χ1) is 20.3. The maximum absolute atomic E-state index is 14.9. The maximum Gasteiger partial charge on any atom is 2.00 e. The molecular formula is C35H27F2N5Pt. The van der Waals surface area contributed by atoms with Gasteiger partial charge >= 0.3 is 21.1 Å². The van der Waals surface area contributed by atoms with Crippen LogP contribution in [0.5, 0.6) is 0 Å². The third-order valence-electron chi connectivity index (χ3n) is 7.11. The van der Waals surface area contributed by atoms with Gasteiger partial charge in [0.2, 0.25) is 0 Å². The molecule has 0 fully saturated rings. The molecular weight excluding hydrogens is 723 g/mol. The molecule has 3 heterocycles. The molecule has 0 bridgehead atoms. The van der Waals surface area contributed by atoms with Gasteiger partial charge in [-0.2, -0.15) is 0 Å². The molecule has 6 aromatic rings. The first-order valence-corrected chi connectivity index (χ1v) is 13.6. The molecule has 0 saturated heterocycles. The Morgan fingerprint density at radius 2 is 1.33 bits per heavy atom. The van der Waals surface area contributed by atoms with E-state index in [-0.39, 0.29) is 32.0 Å². The SMILES string of the molecule is CC(C)(C)c1n[c-]n(-c2cccc(C(c3ccccc3)(c3ccccc3)c3cccc(-c4[c-]cc(F)cc4F)n3)n2)n1.[Pt+2]. The maximum atomic E-state index is 14.9. The van der Waals surface area contributed by atoms with Gasteiger partial charge in [-0.05, 0) is 34.4 Å². The van der Waals surface area contributed by atoms with Gasteiger partial charge in [-0.25, -0.2) is 5.10 Å². The predicted octanol–water partition coefficient (Wildman–Crippen LogP) is 7.28. The van der Waals surface area contributed by atoms with Gasteiger partial charge < -0.3 is 9.67 Å². The quantitative estimate of drug-likeness (QED) is 0.168. The van der Waals surface area contributed by atoms with Crippen LogP contribution < -0.4 is 0 Å². The Bertz CT molecular complexity index is 1810. The van der Waals surface area contributed by atoms with Gasteiger partial charge in [0.05, 0.1) is 17.3 Å². The van der Waals surface area contributed by atoms with E-state index in [1.54, 1.807) is 10.7 Å². The van der Waals surface area contributed by atoms with Gasteiger partial charge in [0.15, 0.2) is 0 Å². The van der Waals surface area contributed by atoms with Crippen LogP contribution in [0.2, 0.25) is 0 Å². The Balaban J connectivity index is 0.00000368. The minimum Gasteiger partial charge on any atom is -0.349 e. The number of rotatable bonds is 6. The van der Waals surface area contributed by atoms with Crippen LogP contribution in [0.15, 0.2) is 109 Å². The van der Waals surface area contributed by atoms with Crippen molar-refractivity contribution in [2.45, 2.75) is 31.6 Å². The zero-order valence-electron chi connectivity index (χ0n) is 23.7. The summed E-state index contributed by atoms with van der Waals surface area (Å²) in [6, 6.07) is 35.7. The van der Waals surface area contributed by atoms with Gasteiger partial charge in [0.1, 0.15) is 5.41 Å². The fraction of sp³-hybridized carbons (Fsp3) is 0.143. The van der Waals surface area contributed by atoms with Crippen LogP contribution in [0.1, 0.15) is 49.1 Å². The second-order valence-electron chi connectivity index (χ2n) is 11.0. The van der Waals surface area contributed by atoms with Gasteiger partial charge in [0.25, 0.3) is 0 Å². The van der Waals surface area contributed by atoms with Crippen molar-refractivity contribution in [3.8, 4) is 17.1 Å². The number of nitrogens with zero attached hydrogens (tertiary/aromatic N) is 5. The van der Waals surface area contributed by atoms with Crippen molar-refractivity contribution in [3.05, 3.63) is 162 Å². The van der Waals surface area contributed by atoms with E-state index in [2.05, 4.69) is 22.5 Å². The van der Waals surface area contributed by atoms with E-state index in [1.807, 2.05) is 112 Å². The minimum atomic E-state index is -1.02. The molecule has 3 aromatic carbocycles. The molecule has 3 aromatic heterocycles. The summed E-state index contributed by atoms with van der Waals surface area (Å²) in [5.41, 5.74) is 2.24. The Morgan fingerprint density at radius 3 is 1.91 bits per heavy atom. The standard InChI is InChI=1S/C35H27F2N5.Pt/c1-34(2,3)33-38-23-42(41-33)32-19-11-18-31(40-32)35(24-12-6-4-7-13-24,25-14-8-5-9-15-25)30-17-10-16-29(39-30)27-21-20-26(36)22-28(27)37;/h4-20,22H,1-3H3;/q-2;+2. The summed E-state index contributed by atoms with van der Waals surface area (Å²) in [4.78, 5) is 14.5. The van der Waals surface area contributed by atoms with Crippen molar-refractivity contribution in [2.75, 3.05) is 0 Å². The molecule has 0 spiro atoms. The monoisotopic (exact) mass is 750 g/mol. The normalized spacial score (nSPS) is 11.7. The summed E-state index contributed by atoms with van der Waals surface area (Å²) in [6.07, 6.45) is 2.97. The van der Waals surface area contributed by atoms with E-state index in [1.165, 1.54) is 0 Å². The van der Waals surface area contributed by atoms with Gasteiger partial charge in [-0.15, -0.1) is 12.1 Å². The Labute approximate surface area is 264 Å². The molecule has 8 heteroatoms. The molecule has 0 amide bonds. The molecule has 0 saturated carbocycles. The van der Waals surface area contributed by atoms with Crippen molar-refractivity contribution in [1.82, 2.24) is 24.7 Å². The van der Waals surface area contributed by atoms with Crippen LogP contribution in [0.25, 0.3) is 17.1 Å². The number of pyridine rings is 2. The van der Waals surface area contributed by atoms with E-state index < -0.39 is 17.0 Å². The zero-order valence-corrected chi connectivity index (χ0v) is 26.0. The van der Waals surface area contributed by atoms with Crippen LogP contribution in [-0.4, -0.2) is 24.7 Å². The number of halogens is 2. The van der Waals surface area contributed by atoms with E-state index >= 15 is 0 Å². The fourth-order valence-electron chi connectivity index (χ4n) is 5.09. The number of hydrogen-bond donors (Lipinski definition) is 0. The van der Waals surface area contributed by atoms with E-state index in [9.17, 15) is 8.78 Å². The zero-order chi connectivity index (χ0) is 29.3. The molecule has 0 aliphatic rings. The minimum absolute atomic E-state index is 0. The van der Waals surface area contributed by atoms with Gasteiger partial charge in [-0.1, -0.05) is 117 Å². The number of aromatic nitrogens is 5. The number of hydrogen-bond acceptors (Lipinski definition) is 4. The number of benzene rings is 3. The van der Waals surface area contributed by atoms with Crippen molar-refractivity contribution >= 4 is 0 Å². The smallest absolute Gasteiger partial charge is 0.349 e. The molecule has 0 N–H and O–H groups in total. The second kappa shape index (κ2) is 12.1. The van der Waals surface area contributed by atoms with Gasteiger partial charge in [-0.3, -0.25) is 18.7 Å². The van der Waals surface area contributed by atoms with Crippen LogP contribution in [-0.2, 0) is 31.9 Å². The molecule has 0 radical (unpaired) electrons. The summed E-state index contributed by atoms with van der Waals surface area (Å²) >= 11 is 0. The molecule has 5 nitrogen and oxygen atoms in total. The molecule has 43 heavy (non-hydrogen) atoms. The summed E-state index contributed by atoms with van der Waals surface area (Å²) < 4.78 is 30.2. The fourth-order valence-corrected chi connectivity index (χ4v) is 5.09. The van der Waals surface area contributed by atoms with E-state index in [0.29, 0.717) is 28.7 Å². The predicted molar refractivity (Wildman–Crippen MR) is 157 cm³/mol. The van der Waals surface area contributed by atoms with Crippen LogP contribution in [0.3, 0.4) is 0 Å². The van der Waals surface area contributed by atoms with Crippen LogP contribution in [0.4, 0.5) is 8.78 Å². The first-order valence-electron chi connectivity index (χ1n) is 13.6. The Kier molecular flexibility index (Phi) is 8.47. The summed E-state index contributed by atoms with van der Waals surface area (Å²) in [7, 11) is 0. The molecule has 216 valence electrons. The second-order valence-corrected chi connectivity index (χ2v) is 11.0. The van der Waals surface area contributed by atoms with E-state index in [4.69, 9.17) is 9.97 Å². The molecule has 6 rings (SSSR count).